The third-order valence-corrected chi connectivity index (χ3v) is 7.33. The fourth-order valence-corrected chi connectivity index (χ4v) is 5.96. The van der Waals surface area contributed by atoms with E-state index in [2.05, 4.69) is 40.0 Å². The van der Waals surface area contributed by atoms with Gasteiger partial charge in [-0.1, -0.05) is 6.07 Å². The minimum Gasteiger partial charge on any atom is -0.361 e. The first-order valence-corrected chi connectivity index (χ1v) is 8.94. The Hall–Kier alpha value is -0.620. The van der Waals surface area contributed by atoms with E-state index in [0.29, 0.717) is 0 Å². The zero-order chi connectivity index (χ0) is 11.5. The molecular weight excluding hydrogens is 286 g/mol. The van der Waals surface area contributed by atoms with Crippen molar-refractivity contribution in [3.8, 4) is 11.3 Å². The van der Waals surface area contributed by atoms with Crippen LogP contribution in [0.4, 0.5) is 0 Å². The first kappa shape index (κ1) is 11.5. The molecule has 0 unspecified atom stereocenters. The van der Waals surface area contributed by atoms with E-state index < -0.39 is 0 Å². The SMILES string of the molecule is c1c[nH]c(-c2ccsc2SSc2cccs2)c1. The normalized spacial score (nSPS) is 10.8. The number of H-pyrrole nitrogens is 1. The molecule has 0 saturated heterocycles. The second-order valence-corrected chi connectivity index (χ2v) is 7.87. The Morgan fingerprint density at radius 3 is 2.71 bits per heavy atom. The molecular formula is C12H9NS4. The van der Waals surface area contributed by atoms with Gasteiger partial charge in [-0.25, -0.2) is 0 Å². The summed E-state index contributed by atoms with van der Waals surface area (Å²) < 4.78 is 2.70. The predicted octanol–water partition coefficient (Wildman–Crippen LogP) is 5.60. The van der Waals surface area contributed by atoms with E-state index in [1.165, 1.54) is 19.7 Å². The van der Waals surface area contributed by atoms with Crippen LogP contribution in [-0.2, 0) is 0 Å². The third-order valence-electron chi connectivity index (χ3n) is 2.21. The Morgan fingerprint density at radius 1 is 0.941 bits per heavy atom. The van der Waals surface area contributed by atoms with Crippen molar-refractivity contribution in [1.29, 1.82) is 0 Å². The lowest BCUT2D eigenvalue weighted by molar-refractivity contribution is 1.39. The summed E-state index contributed by atoms with van der Waals surface area (Å²) in [6.45, 7) is 0. The monoisotopic (exact) mass is 295 g/mol. The molecule has 0 atom stereocenters. The summed E-state index contributed by atoms with van der Waals surface area (Å²) in [6, 6.07) is 10.6. The van der Waals surface area contributed by atoms with E-state index in [1.807, 2.05) is 33.9 Å². The summed E-state index contributed by atoms with van der Waals surface area (Å²) in [5.41, 5.74) is 2.49. The smallest absolute Gasteiger partial charge is 0.0803 e. The second-order valence-electron chi connectivity index (χ2n) is 3.30. The van der Waals surface area contributed by atoms with Crippen molar-refractivity contribution in [2.45, 2.75) is 8.42 Å². The van der Waals surface area contributed by atoms with Gasteiger partial charge >= 0.3 is 0 Å². The van der Waals surface area contributed by atoms with E-state index in [0.717, 1.165) is 0 Å². The molecule has 0 aliphatic carbocycles. The number of aromatic amines is 1. The number of nitrogens with one attached hydrogen (secondary N) is 1. The lowest BCUT2D eigenvalue weighted by Gasteiger charge is -1.99. The maximum Gasteiger partial charge on any atom is 0.0803 e. The van der Waals surface area contributed by atoms with Crippen LogP contribution in [0, 0.1) is 0 Å². The summed E-state index contributed by atoms with van der Waals surface area (Å²) in [4.78, 5) is 3.26. The summed E-state index contributed by atoms with van der Waals surface area (Å²) in [6.07, 6.45) is 1.97. The Morgan fingerprint density at radius 2 is 1.94 bits per heavy atom. The Balaban J connectivity index is 1.78. The average molecular weight is 295 g/mol. The van der Waals surface area contributed by atoms with E-state index in [-0.39, 0.29) is 0 Å². The second kappa shape index (κ2) is 5.35. The highest BCUT2D eigenvalue weighted by Gasteiger charge is 2.09. The molecule has 3 heterocycles. The highest BCUT2D eigenvalue weighted by Crippen LogP contribution is 2.45. The molecule has 0 aromatic carbocycles. The summed E-state index contributed by atoms with van der Waals surface area (Å²) in [5.74, 6) is 0. The molecule has 1 nitrogen and oxygen atoms in total. The van der Waals surface area contributed by atoms with Crippen molar-refractivity contribution in [3.63, 3.8) is 0 Å². The van der Waals surface area contributed by atoms with Crippen LogP contribution in [0.2, 0.25) is 0 Å². The number of hydrogen-bond acceptors (Lipinski definition) is 4. The molecule has 3 aromatic rings. The summed E-state index contributed by atoms with van der Waals surface area (Å²) >= 11 is 3.58. The van der Waals surface area contributed by atoms with Gasteiger partial charge in [0.25, 0.3) is 0 Å². The van der Waals surface area contributed by atoms with Crippen molar-refractivity contribution in [2.75, 3.05) is 0 Å². The first-order chi connectivity index (χ1) is 8.43. The van der Waals surface area contributed by atoms with Crippen molar-refractivity contribution in [2.24, 2.45) is 0 Å². The largest absolute Gasteiger partial charge is 0.361 e. The predicted molar refractivity (Wildman–Crippen MR) is 80.1 cm³/mol. The molecule has 1 N–H and O–H groups in total. The number of aromatic nitrogens is 1. The molecule has 17 heavy (non-hydrogen) atoms. The number of rotatable bonds is 4. The van der Waals surface area contributed by atoms with Gasteiger partial charge in [0.15, 0.2) is 0 Å². The van der Waals surface area contributed by atoms with Gasteiger partial charge in [0.2, 0.25) is 0 Å². The Kier molecular flexibility index (Phi) is 3.61. The van der Waals surface area contributed by atoms with Crippen LogP contribution in [0.25, 0.3) is 11.3 Å². The van der Waals surface area contributed by atoms with Crippen molar-refractivity contribution < 1.29 is 0 Å². The van der Waals surface area contributed by atoms with Gasteiger partial charge in [0.05, 0.1) is 8.42 Å². The van der Waals surface area contributed by atoms with E-state index in [9.17, 15) is 0 Å². The van der Waals surface area contributed by atoms with E-state index in [4.69, 9.17) is 0 Å². The number of thiophene rings is 2. The van der Waals surface area contributed by atoms with Gasteiger partial charge in [-0.2, -0.15) is 0 Å². The summed E-state index contributed by atoms with van der Waals surface area (Å²) in [7, 11) is 3.66. The van der Waals surface area contributed by atoms with Crippen LogP contribution >= 0.6 is 44.3 Å². The molecule has 0 aliphatic heterocycles. The highest BCUT2D eigenvalue weighted by atomic mass is 33.1. The van der Waals surface area contributed by atoms with Gasteiger partial charge in [-0.05, 0) is 56.6 Å². The lowest BCUT2D eigenvalue weighted by atomic mass is 10.2. The molecule has 3 rings (SSSR count). The van der Waals surface area contributed by atoms with Crippen LogP contribution < -0.4 is 0 Å². The highest BCUT2D eigenvalue weighted by molar-refractivity contribution is 8.77. The van der Waals surface area contributed by atoms with Gasteiger partial charge in [-0.3, -0.25) is 0 Å². The topological polar surface area (TPSA) is 15.8 Å². The molecule has 0 bridgehead atoms. The van der Waals surface area contributed by atoms with Crippen LogP contribution in [0.15, 0.2) is 55.7 Å². The molecule has 0 aliphatic rings. The zero-order valence-electron chi connectivity index (χ0n) is 8.75. The maximum atomic E-state index is 3.26. The van der Waals surface area contributed by atoms with Crippen LogP contribution in [0.5, 0.6) is 0 Å². The van der Waals surface area contributed by atoms with Crippen LogP contribution in [0.3, 0.4) is 0 Å². The molecule has 86 valence electrons. The summed E-state index contributed by atoms with van der Waals surface area (Å²) in [5, 5.41) is 4.26. The van der Waals surface area contributed by atoms with Crippen molar-refractivity contribution in [3.05, 3.63) is 47.3 Å². The fourth-order valence-electron chi connectivity index (χ4n) is 1.45. The average Bonchev–Trinajstić information content (AvgIpc) is 3.09. The Labute approximate surface area is 116 Å². The van der Waals surface area contributed by atoms with Gasteiger partial charge < -0.3 is 4.98 Å². The minimum absolute atomic E-state index is 1.19. The zero-order valence-corrected chi connectivity index (χ0v) is 12.0. The van der Waals surface area contributed by atoms with E-state index >= 15 is 0 Å². The minimum atomic E-state index is 1.19. The molecule has 0 fully saturated rings. The van der Waals surface area contributed by atoms with Gasteiger partial charge in [0.1, 0.15) is 0 Å². The van der Waals surface area contributed by atoms with Crippen LogP contribution in [0.1, 0.15) is 0 Å². The van der Waals surface area contributed by atoms with E-state index in [1.54, 1.807) is 22.7 Å². The quantitative estimate of drug-likeness (QED) is 0.630. The van der Waals surface area contributed by atoms with Gasteiger partial charge in [-0.15, -0.1) is 22.7 Å². The molecule has 0 radical (unpaired) electrons. The standard InChI is InChI=1S/C12H9NS4/c1-3-10(13-6-1)9-5-8-15-12(9)17-16-11-4-2-7-14-11/h1-8,13H. The Bertz CT molecular complexity index is 565. The van der Waals surface area contributed by atoms with Gasteiger partial charge in [0, 0.05) is 17.5 Å². The fraction of sp³-hybridized carbons (Fsp3) is 0. The molecule has 0 saturated carbocycles. The first-order valence-electron chi connectivity index (χ1n) is 5.03. The molecule has 0 spiro atoms. The molecule has 0 amide bonds. The number of hydrogen-bond donors (Lipinski definition) is 1. The van der Waals surface area contributed by atoms with Crippen molar-refractivity contribution >= 4 is 44.3 Å². The third kappa shape index (κ3) is 2.63. The molecule has 3 aromatic heterocycles. The maximum absolute atomic E-state index is 3.26. The lowest BCUT2D eigenvalue weighted by Crippen LogP contribution is -1.73. The molecule has 5 heteroatoms. The van der Waals surface area contributed by atoms with Crippen LogP contribution in [-0.4, -0.2) is 4.98 Å². The van der Waals surface area contributed by atoms with Crippen molar-refractivity contribution in [1.82, 2.24) is 4.98 Å².